The Bertz CT molecular complexity index is 729. The Morgan fingerprint density at radius 3 is 3.16 bits per heavy atom. The van der Waals surface area contributed by atoms with Crippen LogP contribution < -0.4 is 0 Å². The van der Waals surface area contributed by atoms with E-state index >= 15 is 0 Å². The van der Waals surface area contributed by atoms with Crippen LogP contribution in [0.4, 0.5) is 0 Å². The van der Waals surface area contributed by atoms with Gasteiger partial charge in [0.2, 0.25) is 0 Å². The minimum atomic E-state index is -0.181. The van der Waals surface area contributed by atoms with Gasteiger partial charge in [0.1, 0.15) is 11.2 Å². The minimum absolute atomic E-state index is 0.181. The number of rotatable bonds is 1. The average Bonchev–Trinajstić information content (AvgIpc) is 3.04. The number of H-pyrrole nitrogens is 1. The molecule has 0 saturated heterocycles. The number of fused-ring (bicyclic) bond motifs is 3. The predicted molar refractivity (Wildman–Crippen MR) is 72.9 cm³/mol. The molecule has 19 heavy (non-hydrogen) atoms. The molecule has 0 aliphatic heterocycles. The largest absolute Gasteiger partial charge is 0.393 e. The molecule has 2 N–H and O–H groups in total. The highest BCUT2D eigenvalue weighted by molar-refractivity contribution is 6.00. The topological polar surface area (TPSA) is 66.7 Å². The molecule has 1 aliphatic carbocycles. The molecule has 1 saturated carbocycles. The van der Waals surface area contributed by atoms with E-state index in [1.807, 2.05) is 24.8 Å². The van der Waals surface area contributed by atoms with Crippen molar-refractivity contribution in [1.29, 1.82) is 0 Å². The van der Waals surface area contributed by atoms with Gasteiger partial charge >= 0.3 is 0 Å². The summed E-state index contributed by atoms with van der Waals surface area (Å²) in [6.45, 7) is 0. The number of hydrogen-bond donors (Lipinski definition) is 2. The van der Waals surface area contributed by atoms with E-state index in [0.29, 0.717) is 6.04 Å². The van der Waals surface area contributed by atoms with Crippen molar-refractivity contribution in [3.05, 3.63) is 24.8 Å². The molecule has 98 valence electrons. The van der Waals surface area contributed by atoms with Crippen molar-refractivity contribution >= 4 is 22.1 Å². The zero-order chi connectivity index (χ0) is 12.8. The summed E-state index contributed by atoms with van der Waals surface area (Å²) in [6.07, 6.45) is 9.35. The van der Waals surface area contributed by atoms with Crippen LogP contribution in [0, 0.1) is 0 Å². The van der Waals surface area contributed by atoms with E-state index in [0.717, 1.165) is 47.8 Å². The van der Waals surface area contributed by atoms with Gasteiger partial charge < -0.3 is 14.7 Å². The lowest BCUT2D eigenvalue weighted by Gasteiger charge is -2.27. The zero-order valence-corrected chi connectivity index (χ0v) is 10.6. The normalized spacial score (nSPS) is 24.3. The fourth-order valence-corrected chi connectivity index (χ4v) is 3.20. The van der Waals surface area contributed by atoms with Crippen molar-refractivity contribution in [2.45, 2.75) is 37.8 Å². The number of nitrogens with zero attached hydrogens (tertiary/aromatic N) is 3. The number of imidazole rings is 1. The highest BCUT2D eigenvalue weighted by atomic mass is 16.3. The first-order valence-electron chi connectivity index (χ1n) is 6.79. The number of aliphatic hydroxyl groups excluding tert-OH is 1. The van der Waals surface area contributed by atoms with Crippen LogP contribution in [-0.4, -0.2) is 30.7 Å². The maximum Gasteiger partial charge on any atom is 0.139 e. The second kappa shape index (κ2) is 4.06. The molecular formula is C14H16N4O. The quantitative estimate of drug-likeness (QED) is 0.702. The third kappa shape index (κ3) is 1.65. The van der Waals surface area contributed by atoms with Crippen LogP contribution in [0.2, 0.25) is 0 Å². The van der Waals surface area contributed by atoms with Crippen molar-refractivity contribution < 1.29 is 5.11 Å². The van der Waals surface area contributed by atoms with Crippen molar-refractivity contribution in [1.82, 2.24) is 19.5 Å². The first-order valence-corrected chi connectivity index (χ1v) is 6.79. The maximum absolute atomic E-state index is 9.87. The number of pyridine rings is 1. The molecule has 0 aromatic carbocycles. The molecule has 4 rings (SSSR count). The van der Waals surface area contributed by atoms with Crippen LogP contribution >= 0.6 is 0 Å². The maximum atomic E-state index is 9.87. The molecule has 3 heterocycles. The Balaban J connectivity index is 1.91. The summed E-state index contributed by atoms with van der Waals surface area (Å²) in [5.41, 5.74) is 2.95. The van der Waals surface area contributed by atoms with Crippen LogP contribution in [0.3, 0.4) is 0 Å². The van der Waals surface area contributed by atoms with Crippen molar-refractivity contribution in [2.24, 2.45) is 0 Å². The molecule has 5 heteroatoms. The molecule has 0 bridgehead atoms. The zero-order valence-electron chi connectivity index (χ0n) is 10.6. The molecule has 0 radical (unpaired) electrons. The monoisotopic (exact) mass is 256 g/mol. The van der Waals surface area contributed by atoms with Crippen LogP contribution in [0.1, 0.15) is 31.7 Å². The van der Waals surface area contributed by atoms with Gasteiger partial charge in [0.15, 0.2) is 0 Å². The summed E-state index contributed by atoms with van der Waals surface area (Å²) in [4.78, 5) is 12.0. The summed E-state index contributed by atoms with van der Waals surface area (Å²) in [7, 11) is 0. The number of aliphatic hydroxyl groups is 1. The second-order valence-corrected chi connectivity index (χ2v) is 5.36. The van der Waals surface area contributed by atoms with E-state index in [2.05, 4.69) is 19.5 Å². The first kappa shape index (κ1) is 11.0. The van der Waals surface area contributed by atoms with Gasteiger partial charge in [-0.25, -0.2) is 9.97 Å². The van der Waals surface area contributed by atoms with Crippen molar-refractivity contribution in [3.8, 4) is 0 Å². The number of aromatic amines is 1. The summed E-state index contributed by atoms with van der Waals surface area (Å²) in [5.74, 6) is 0. The summed E-state index contributed by atoms with van der Waals surface area (Å²) < 4.78 is 2.22. The van der Waals surface area contributed by atoms with Gasteiger partial charge in [-0.3, -0.25) is 0 Å². The Labute approximate surface area is 110 Å². The van der Waals surface area contributed by atoms with E-state index in [-0.39, 0.29) is 6.10 Å². The molecular weight excluding hydrogens is 240 g/mol. The Kier molecular flexibility index (Phi) is 2.35. The summed E-state index contributed by atoms with van der Waals surface area (Å²) in [6, 6.07) is 2.39. The van der Waals surface area contributed by atoms with Gasteiger partial charge in [-0.05, 0) is 31.7 Å². The van der Waals surface area contributed by atoms with Gasteiger partial charge in [0.25, 0.3) is 0 Å². The first-order chi connectivity index (χ1) is 9.33. The van der Waals surface area contributed by atoms with Crippen LogP contribution in [0.5, 0.6) is 0 Å². The SMILES string of the molecule is O[C@H]1CCC[C@H](n2cnc3cnc4[nH]ccc4c32)C1. The van der Waals surface area contributed by atoms with E-state index in [4.69, 9.17) is 0 Å². The Morgan fingerprint density at radius 2 is 2.26 bits per heavy atom. The lowest BCUT2D eigenvalue weighted by molar-refractivity contribution is 0.105. The number of nitrogens with one attached hydrogen (secondary N) is 1. The number of aromatic nitrogens is 4. The third-order valence-electron chi connectivity index (χ3n) is 4.13. The van der Waals surface area contributed by atoms with Crippen molar-refractivity contribution in [3.63, 3.8) is 0 Å². The molecule has 2 atom stereocenters. The fourth-order valence-electron chi connectivity index (χ4n) is 3.20. The van der Waals surface area contributed by atoms with Gasteiger partial charge in [0.05, 0.1) is 24.1 Å². The minimum Gasteiger partial charge on any atom is -0.393 e. The van der Waals surface area contributed by atoms with Crippen molar-refractivity contribution in [2.75, 3.05) is 0 Å². The lowest BCUT2D eigenvalue weighted by atomic mass is 9.93. The molecule has 0 spiro atoms. The smallest absolute Gasteiger partial charge is 0.139 e. The molecule has 1 aliphatic rings. The van der Waals surface area contributed by atoms with Crippen LogP contribution in [-0.2, 0) is 0 Å². The van der Waals surface area contributed by atoms with Gasteiger partial charge in [-0.1, -0.05) is 0 Å². The van der Waals surface area contributed by atoms with Crippen LogP contribution in [0.25, 0.3) is 22.1 Å². The highest BCUT2D eigenvalue weighted by Crippen LogP contribution is 2.33. The van der Waals surface area contributed by atoms with E-state index < -0.39 is 0 Å². The predicted octanol–water partition coefficient (Wildman–Crippen LogP) is 2.39. The van der Waals surface area contributed by atoms with Gasteiger partial charge in [-0.15, -0.1) is 0 Å². The molecule has 3 aromatic rings. The molecule has 1 fully saturated rings. The van der Waals surface area contributed by atoms with Crippen LogP contribution in [0.15, 0.2) is 24.8 Å². The lowest BCUT2D eigenvalue weighted by Crippen LogP contribution is -2.22. The average molecular weight is 256 g/mol. The third-order valence-corrected chi connectivity index (χ3v) is 4.13. The molecule has 0 amide bonds. The van der Waals surface area contributed by atoms with E-state index in [1.54, 1.807) is 0 Å². The standard InChI is InChI=1S/C14H16N4O/c19-10-3-1-2-9(6-10)18-8-17-12-7-16-14-11(13(12)18)4-5-15-14/h4-5,7-10,19H,1-3,6H2,(H,15,16)/t9-,10-/m0/s1. The molecule has 3 aromatic heterocycles. The molecule has 0 unspecified atom stereocenters. The fraction of sp³-hybridized carbons (Fsp3) is 0.429. The molecule has 5 nitrogen and oxygen atoms in total. The Morgan fingerprint density at radius 1 is 1.32 bits per heavy atom. The van der Waals surface area contributed by atoms with Gasteiger partial charge in [-0.2, -0.15) is 0 Å². The highest BCUT2D eigenvalue weighted by Gasteiger charge is 2.23. The van der Waals surface area contributed by atoms with Gasteiger partial charge in [0, 0.05) is 17.6 Å². The summed E-state index contributed by atoms with van der Waals surface area (Å²) >= 11 is 0. The van der Waals surface area contributed by atoms with E-state index in [1.165, 1.54) is 0 Å². The Hall–Kier alpha value is -1.88. The second-order valence-electron chi connectivity index (χ2n) is 5.36. The number of hydrogen-bond acceptors (Lipinski definition) is 3. The summed E-state index contributed by atoms with van der Waals surface area (Å²) in [5, 5.41) is 11.0. The van der Waals surface area contributed by atoms with E-state index in [9.17, 15) is 5.11 Å².